The molecule has 1 aliphatic carbocycles. The molecule has 0 aliphatic heterocycles. The van der Waals surface area contributed by atoms with Gasteiger partial charge in [-0.25, -0.2) is 4.98 Å². The Bertz CT molecular complexity index is 775. The minimum absolute atomic E-state index is 0.00776. The van der Waals surface area contributed by atoms with E-state index in [0.29, 0.717) is 41.9 Å². The number of benzene rings is 1. The van der Waals surface area contributed by atoms with Crippen LogP contribution in [0.25, 0.3) is 0 Å². The number of phenolic OH excluding ortho intramolecular Hbond substituents is 1. The number of aromatic hydroxyl groups is 1. The molecule has 1 fully saturated rings. The lowest BCUT2D eigenvalue weighted by molar-refractivity contribution is 0.111. The van der Waals surface area contributed by atoms with E-state index in [0.717, 1.165) is 24.8 Å². The van der Waals surface area contributed by atoms with Gasteiger partial charge in [0.1, 0.15) is 11.5 Å². The van der Waals surface area contributed by atoms with Crippen molar-refractivity contribution in [3.05, 3.63) is 47.2 Å². The molecule has 2 unspecified atom stereocenters. The summed E-state index contributed by atoms with van der Waals surface area (Å²) in [5.41, 5.74) is 2.00. The number of pyridine rings is 1. The SMILES string of the molecule is COc1ncccc1C1CCCCC1COc1ccc(C)c(O)c1C=O. The van der Waals surface area contributed by atoms with Crippen molar-refractivity contribution in [2.24, 2.45) is 5.92 Å². The number of rotatable bonds is 6. The molecule has 1 aromatic carbocycles. The van der Waals surface area contributed by atoms with E-state index in [-0.39, 0.29) is 11.3 Å². The number of phenols is 1. The van der Waals surface area contributed by atoms with Crippen molar-refractivity contribution < 1.29 is 19.4 Å². The van der Waals surface area contributed by atoms with Crippen LogP contribution in [0, 0.1) is 12.8 Å². The topological polar surface area (TPSA) is 68.7 Å². The summed E-state index contributed by atoms with van der Waals surface area (Å²) >= 11 is 0. The largest absolute Gasteiger partial charge is 0.507 e. The summed E-state index contributed by atoms with van der Waals surface area (Å²) in [6, 6.07) is 7.53. The number of ether oxygens (including phenoxy) is 2. The maximum atomic E-state index is 11.4. The molecule has 0 saturated heterocycles. The van der Waals surface area contributed by atoms with Gasteiger partial charge in [-0.2, -0.15) is 0 Å². The Morgan fingerprint density at radius 1 is 1.27 bits per heavy atom. The second-order valence-corrected chi connectivity index (χ2v) is 6.82. The number of aromatic nitrogens is 1. The van der Waals surface area contributed by atoms with Gasteiger partial charge in [0.15, 0.2) is 6.29 Å². The molecule has 0 spiro atoms. The number of carbonyl (C=O) groups excluding carboxylic acids is 1. The molecular formula is C21H25NO4. The van der Waals surface area contributed by atoms with Gasteiger partial charge in [0.05, 0.1) is 19.3 Å². The average molecular weight is 355 g/mol. The monoisotopic (exact) mass is 355 g/mol. The predicted octanol–water partition coefficient (Wildman–Crippen LogP) is 4.27. The van der Waals surface area contributed by atoms with E-state index in [1.54, 1.807) is 32.4 Å². The molecule has 1 N–H and O–H groups in total. The van der Waals surface area contributed by atoms with E-state index in [2.05, 4.69) is 11.1 Å². The van der Waals surface area contributed by atoms with E-state index in [9.17, 15) is 9.90 Å². The first-order chi connectivity index (χ1) is 12.7. The van der Waals surface area contributed by atoms with Crippen LogP contribution in [0.3, 0.4) is 0 Å². The van der Waals surface area contributed by atoms with Crippen LogP contribution >= 0.6 is 0 Å². The lowest BCUT2D eigenvalue weighted by Crippen LogP contribution is -2.24. The fraction of sp³-hybridized carbons (Fsp3) is 0.429. The summed E-state index contributed by atoms with van der Waals surface area (Å²) in [6.45, 7) is 2.25. The summed E-state index contributed by atoms with van der Waals surface area (Å²) in [4.78, 5) is 15.7. The van der Waals surface area contributed by atoms with Gasteiger partial charge in [-0.1, -0.05) is 25.0 Å². The lowest BCUT2D eigenvalue weighted by atomic mass is 9.76. The highest BCUT2D eigenvalue weighted by Crippen LogP contribution is 2.41. The van der Waals surface area contributed by atoms with E-state index < -0.39 is 0 Å². The maximum Gasteiger partial charge on any atom is 0.216 e. The first kappa shape index (κ1) is 18.2. The molecule has 5 heteroatoms. The Labute approximate surface area is 154 Å². The van der Waals surface area contributed by atoms with Crippen LogP contribution in [0.4, 0.5) is 0 Å². The number of carbonyl (C=O) groups is 1. The minimum atomic E-state index is -0.00776. The van der Waals surface area contributed by atoms with Gasteiger partial charge >= 0.3 is 0 Å². The quantitative estimate of drug-likeness (QED) is 0.784. The minimum Gasteiger partial charge on any atom is -0.507 e. The summed E-state index contributed by atoms with van der Waals surface area (Å²) in [6.07, 6.45) is 6.84. The van der Waals surface area contributed by atoms with Crippen molar-refractivity contribution in [3.8, 4) is 17.4 Å². The smallest absolute Gasteiger partial charge is 0.216 e. The van der Waals surface area contributed by atoms with Crippen LogP contribution in [0.15, 0.2) is 30.5 Å². The number of methoxy groups -OCH3 is 1. The van der Waals surface area contributed by atoms with Crippen LogP contribution < -0.4 is 9.47 Å². The zero-order valence-electron chi connectivity index (χ0n) is 15.3. The Hall–Kier alpha value is -2.56. The molecule has 2 atom stereocenters. The highest BCUT2D eigenvalue weighted by molar-refractivity contribution is 5.84. The normalized spacial score (nSPS) is 19.8. The summed E-state index contributed by atoms with van der Waals surface area (Å²) in [5, 5.41) is 10.1. The van der Waals surface area contributed by atoms with E-state index in [4.69, 9.17) is 9.47 Å². The highest BCUT2D eigenvalue weighted by Gasteiger charge is 2.30. The molecule has 138 valence electrons. The zero-order chi connectivity index (χ0) is 18.5. The molecule has 0 amide bonds. The Morgan fingerprint density at radius 3 is 2.85 bits per heavy atom. The van der Waals surface area contributed by atoms with Crippen molar-refractivity contribution in [2.45, 2.75) is 38.5 Å². The third-order valence-electron chi connectivity index (χ3n) is 5.25. The van der Waals surface area contributed by atoms with Crippen molar-refractivity contribution in [1.29, 1.82) is 0 Å². The van der Waals surface area contributed by atoms with Crippen molar-refractivity contribution >= 4 is 6.29 Å². The predicted molar refractivity (Wildman–Crippen MR) is 99.2 cm³/mol. The molecule has 5 nitrogen and oxygen atoms in total. The van der Waals surface area contributed by atoms with Crippen LogP contribution in [-0.4, -0.2) is 30.1 Å². The standard InChI is InChI=1S/C21H25NO4/c1-14-9-10-19(18(12-23)20(14)24)26-13-15-6-3-4-7-16(15)17-8-5-11-22-21(17)25-2/h5,8-12,15-16,24H,3-4,6-7,13H2,1-2H3. The number of hydrogen-bond acceptors (Lipinski definition) is 5. The first-order valence-electron chi connectivity index (χ1n) is 9.05. The van der Waals surface area contributed by atoms with Crippen molar-refractivity contribution in [2.75, 3.05) is 13.7 Å². The van der Waals surface area contributed by atoms with Gasteiger partial charge in [0, 0.05) is 17.7 Å². The molecule has 26 heavy (non-hydrogen) atoms. The van der Waals surface area contributed by atoms with Gasteiger partial charge < -0.3 is 14.6 Å². The summed E-state index contributed by atoms with van der Waals surface area (Å²) in [5.74, 6) is 1.72. The summed E-state index contributed by atoms with van der Waals surface area (Å²) < 4.78 is 11.4. The third-order valence-corrected chi connectivity index (χ3v) is 5.25. The fourth-order valence-electron chi connectivity index (χ4n) is 3.81. The number of hydrogen-bond donors (Lipinski definition) is 1. The molecule has 0 radical (unpaired) electrons. The van der Waals surface area contributed by atoms with Crippen LogP contribution in [0.2, 0.25) is 0 Å². The lowest BCUT2D eigenvalue weighted by Gasteiger charge is -2.32. The van der Waals surface area contributed by atoms with Crippen LogP contribution in [-0.2, 0) is 0 Å². The first-order valence-corrected chi connectivity index (χ1v) is 9.05. The van der Waals surface area contributed by atoms with Gasteiger partial charge in [0.25, 0.3) is 0 Å². The molecule has 1 heterocycles. The summed E-state index contributed by atoms with van der Waals surface area (Å²) in [7, 11) is 1.64. The second-order valence-electron chi connectivity index (χ2n) is 6.82. The van der Waals surface area contributed by atoms with Crippen molar-refractivity contribution in [3.63, 3.8) is 0 Å². The molecule has 1 saturated carbocycles. The zero-order valence-corrected chi connectivity index (χ0v) is 15.3. The maximum absolute atomic E-state index is 11.4. The molecular weight excluding hydrogens is 330 g/mol. The van der Waals surface area contributed by atoms with E-state index in [1.165, 1.54) is 6.42 Å². The Morgan fingerprint density at radius 2 is 2.08 bits per heavy atom. The second kappa shape index (κ2) is 8.21. The van der Waals surface area contributed by atoms with Gasteiger partial charge in [-0.15, -0.1) is 0 Å². The number of aldehydes is 1. The van der Waals surface area contributed by atoms with Crippen molar-refractivity contribution in [1.82, 2.24) is 4.98 Å². The molecule has 3 rings (SSSR count). The molecule has 0 bridgehead atoms. The fourth-order valence-corrected chi connectivity index (χ4v) is 3.81. The number of nitrogens with zero attached hydrogens (tertiary/aromatic N) is 1. The van der Waals surface area contributed by atoms with Gasteiger partial charge in [-0.05, 0) is 43.4 Å². The Balaban J connectivity index is 1.80. The van der Waals surface area contributed by atoms with Crippen LogP contribution in [0.5, 0.6) is 17.4 Å². The average Bonchev–Trinajstić information content (AvgIpc) is 2.69. The van der Waals surface area contributed by atoms with Gasteiger partial charge in [-0.3, -0.25) is 4.79 Å². The molecule has 1 aromatic heterocycles. The van der Waals surface area contributed by atoms with Crippen LogP contribution in [0.1, 0.15) is 53.1 Å². The number of aryl methyl sites for hydroxylation is 1. The van der Waals surface area contributed by atoms with E-state index >= 15 is 0 Å². The highest BCUT2D eigenvalue weighted by atomic mass is 16.5. The third kappa shape index (κ3) is 3.66. The van der Waals surface area contributed by atoms with Gasteiger partial charge in [0.2, 0.25) is 5.88 Å². The van der Waals surface area contributed by atoms with E-state index in [1.807, 2.05) is 6.07 Å². The molecule has 2 aromatic rings. The molecule has 1 aliphatic rings. The Kier molecular flexibility index (Phi) is 5.76.